The van der Waals surface area contributed by atoms with Gasteiger partial charge in [-0.05, 0) is 50.6 Å². The first-order valence-corrected chi connectivity index (χ1v) is 12.6. The molecule has 4 heterocycles. The lowest BCUT2D eigenvalue weighted by atomic mass is 9.96. The zero-order chi connectivity index (χ0) is 28.0. The summed E-state index contributed by atoms with van der Waals surface area (Å²) in [6.45, 7) is 5.03. The summed E-state index contributed by atoms with van der Waals surface area (Å²) in [5.74, 6) is -3.04. The zero-order valence-corrected chi connectivity index (χ0v) is 21.8. The van der Waals surface area contributed by atoms with Crippen molar-refractivity contribution in [1.29, 1.82) is 0 Å². The maximum Gasteiger partial charge on any atom is 0.350 e. The number of esters is 1. The lowest BCUT2D eigenvalue weighted by Gasteiger charge is -2.23. The average Bonchev–Trinajstić information content (AvgIpc) is 3.54. The quantitative estimate of drug-likeness (QED) is 0.0936. The second kappa shape index (κ2) is 9.76. The number of anilines is 1. The van der Waals surface area contributed by atoms with Crippen molar-refractivity contribution in [2.75, 3.05) is 11.5 Å². The first-order chi connectivity index (χ1) is 18.6. The Hall–Kier alpha value is -4.91. The van der Waals surface area contributed by atoms with E-state index in [0.717, 1.165) is 16.2 Å². The molecule has 1 amide bonds. The number of benzene rings is 1. The molecule has 1 atom stereocenters. The Kier molecular flexibility index (Phi) is 6.44. The van der Waals surface area contributed by atoms with Gasteiger partial charge >= 0.3 is 11.9 Å². The van der Waals surface area contributed by atoms with Crippen LogP contribution >= 0.6 is 11.3 Å². The summed E-state index contributed by atoms with van der Waals surface area (Å²) >= 11 is 0.871. The lowest BCUT2D eigenvalue weighted by Crippen LogP contribution is -2.29. The Morgan fingerprint density at radius 2 is 1.85 bits per heavy atom. The molecule has 1 aliphatic rings. The fourth-order valence-corrected chi connectivity index (χ4v) is 5.51. The number of carbonyl (C=O) groups excluding carboxylic acids is 3. The molecule has 0 bridgehead atoms. The molecule has 3 aromatic heterocycles. The molecule has 1 saturated heterocycles. The number of Topliss-reactive ketones (excluding diaryl/α,β-unsaturated/α-hetero) is 1. The monoisotopic (exact) mass is 547 g/mol. The fourth-order valence-electron chi connectivity index (χ4n) is 4.52. The molecular formula is C26H21N5O7S. The average molecular weight is 548 g/mol. The van der Waals surface area contributed by atoms with Crippen LogP contribution < -0.4 is 4.90 Å². The third-order valence-electron chi connectivity index (χ3n) is 6.24. The van der Waals surface area contributed by atoms with Gasteiger partial charge < -0.3 is 9.84 Å². The van der Waals surface area contributed by atoms with Gasteiger partial charge in [0.05, 0.1) is 34.5 Å². The van der Waals surface area contributed by atoms with Crippen LogP contribution in [0.3, 0.4) is 0 Å². The van der Waals surface area contributed by atoms with Crippen molar-refractivity contribution < 1.29 is 29.2 Å². The minimum atomic E-state index is -1.19. The van der Waals surface area contributed by atoms with E-state index in [-0.39, 0.29) is 33.6 Å². The Balaban J connectivity index is 1.74. The van der Waals surface area contributed by atoms with Gasteiger partial charge in [0.25, 0.3) is 11.5 Å². The molecule has 13 heteroatoms. The SMILES string of the molecule is CCOC(=O)c1sc(N2C(=O)C(=O)/C(=C(/O)c3c(C)nc4ccccn34)C2c2ccc([N+](=O)[O-])cc2)nc1C. The number of nitro benzene ring substituents is 1. The van der Waals surface area contributed by atoms with E-state index in [1.165, 1.54) is 24.3 Å². The Morgan fingerprint density at radius 1 is 1.13 bits per heavy atom. The van der Waals surface area contributed by atoms with Gasteiger partial charge in [-0.2, -0.15) is 0 Å². The smallest absolute Gasteiger partial charge is 0.350 e. The highest BCUT2D eigenvalue weighted by molar-refractivity contribution is 7.17. The van der Waals surface area contributed by atoms with E-state index in [1.54, 1.807) is 49.6 Å². The lowest BCUT2D eigenvalue weighted by molar-refractivity contribution is -0.384. The van der Waals surface area contributed by atoms with Crippen LogP contribution in [-0.2, 0) is 14.3 Å². The fraction of sp³-hybridized carbons (Fsp3) is 0.192. The molecule has 1 aliphatic heterocycles. The number of amides is 1. The molecule has 12 nitrogen and oxygen atoms in total. The van der Waals surface area contributed by atoms with E-state index in [4.69, 9.17) is 4.74 Å². The van der Waals surface area contributed by atoms with Crippen molar-refractivity contribution in [2.45, 2.75) is 26.8 Å². The van der Waals surface area contributed by atoms with Gasteiger partial charge in [-0.1, -0.05) is 17.4 Å². The molecule has 1 fully saturated rings. The molecule has 0 aliphatic carbocycles. The Labute approximate surface area is 225 Å². The van der Waals surface area contributed by atoms with E-state index < -0.39 is 34.4 Å². The number of aryl methyl sites for hydroxylation is 2. The van der Waals surface area contributed by atoms with Crippen molar-refractivity contribution in [3.05, 3.63) is 91.9 Å². The number of aliphatic hydroxyl groups excluding tert-OH is 1. The summed E-state index contributed by atoms with van der Waals surface area (Å²) in [5, 5.41) is 22.8. The molecule has 1 aromatic carbocycles. The van der Waals surface area contributed by atoms with Gasteiger partial charge in [0.1, 0.15) is 16.2 Å². The molecule has 4 aromatic rings. The predicted molar refractivity (Wildman–Crippen MR) is 141 cm³/mol. The van der Waals surface area contributed by atoms with Crippen LogP contribution in [0.15, 0.2) is 54.2 Å². The van der Waals surface area contributed by atoms with Gasteiger partial charge in [0, 0.05) is 18.3 Å². The predicted octanol–water partition coefficient (Wildman–Crippen LogP) is 4.12. The van der Waals surface area contributed by atoms with Gasteiger partial charge in [0.2, 0.25) is 0 Å². The van der Waals surface area contributed by atoms with Crippen molar-refractivity contribution in [1.82, 2.24) is 14.4 Å². The van der Waals surface area contributed by atoms with Crippen LogP contribution in [0.1, 0.15) is 45.3 Å². The van der Waals surface area contributed by atoms with E-state index in [0.29, 0.717) is 22.6 Å². The van der Waals surface area contributed by atoms with Crippen molar-refractivity contribution in [2.24, 2.45) is 0 Å². The molecule has 39 heavy (non-hydrogen) atoms. The highest BCUT2D eigenvalue weighted by Gasteiger charge is 2.49. The highest BCUT2D eigenvalue weighted by Crippen LogP contribution is 2.44. The number of carbonyl (C=O) groups is 3. The maximum atomic E-state index is 13.5. The molecule has 5 rings (SSSR count). The topological polar surface area (TPSA) is 157 Å². The van der Waals surface area contributed by atoms with Gasteiger partial charge in [-0.3, -0.25) is 29.0 Å². The number of hydrogen-bond donors (Lipinski definition) is 1. The number of pyridine rings is 1. The van der Waals surface area contributed by atoms with E-state index in [2.05, 4.69) is 9.97 Å². The van der Waals surface area contributed by atoms with Gasteiger partial charge in [-0.15, -0.1) is 0 Å². The number of non-ortho nitro benzene ring substituents is 1. The van der Waals surface area contributed by atoms with Crippen LogP contribution in [0.2, 0.25) is 0 Å². The largest absolute Gasteiger partial charge is 0.505 e. The summed E-state index contributed by atoms with van der Waals surface area (Å²) in [4.78, 5) is 60.1. The Morgan fingerprint density at radius 3 is 2.51 bits per heavy atom. The normalized spacial score (nSPS) is 16.7. The number of ether oxygens (including phenoxy) is 1. The van der Waals surface area contributed by atoms with Crippen LogP contribution in [0.4, 0.5) is 10.8 Å². The van der Waals surface area contributed by atoms with E-state index in [1.807, 2.05) is 0 Å². The molecule has 0 saturated carbocycles. The number of nitrogens with zero attached hydrogens (tertiary/aromatic N) is 5. The van der Waals surface area contributed by atoms with Gasteiger partial charge in [-0.25, -0.2) is 14.8 Å². The number of thiazole rings is 1. The molecule has 1 unspecified atom stereocenters. The second-order valence-electron chi connectivity index (χ2n) is 8.62. The van der Waals surface area contributed by atoms with E-state index >= 15 is 0 Å². The first-order valence-electron chi connectivity index (χ1n) is 11.8. The summed E-state index contributed by atoms with van der Waals surface area (Å²) in [6.07, 6.45) is 1.66. The third-order valence-corrected chi connectivity index (χ3v) is 7.38. The minimum absolute atomic E-state index is 0.0370. The summed E-state index contributed by atoms with van der Waals surface area (Å²) < 4.78 is 6.68. The zero-order valence-electron chi connectivity index (χ0n) is 20.9. The van der Waals surface area contributed by atoms with Crippen molar-refractivity contribution in [3.8, 4) is 0 Å². The van der Waals surface area contributed by atoms with Gasteiger partial charge in [0.15, 0.2) is 10.9 Å². The van der Waals surface area contributed by atoms with Crippen LogP contribution in [0, 0.1) is 24.0 Å². The number of ketones is 1. The molecule has 0 spiro atoms. The number of nitro groups is 1. The Bertz CT molecular complexity index is 1700. The first kappa shape index (κ1) is 25.7. The molecule has 0 radical (unpaired) electrons. The van der Waals surface area contributed by atoms with Crippen molar-refractivity contribution >= 4 is 51.2 Å². The van der Waals surface area contributed by atoms with Crippen LogP contribution in [0.25, 0.3) is 11.4 Å². The summed E-state index contributed by atoms with van der Waals surface area (Å²) in [6, 6.07) is 9.33. The van der Waals surface area contributed by atoms with Crippen LogP contribution in [0.5, 0.6) is 0 Å². The maximum absolute atomic E-state index is 13.5. The standard InChI is InChI=1S/C26H21N5O7S/c1-4-38-25(35)23-14(3)28-26(39-23)30-20(15-8-10-16(11-9-15)31(36)37)18(22(33)24(30)34)21(32)19-13(2)27-17-7-5-6-12-29(17)19/h5-12,20,32H,4H2,1-3H3/b21-18+. The number of aromatic nitrogens is 3. The summed E-state index contributed by atoms with van der Waals surface area (Å²) in [5.41, 5.74) is 1.34. The van der Waals surface area contributed by atoms with Crippen molar-refractivity contribution in [3.63, 3.8) is 0 Å². The number of hydrogen-bond acceptors (Lipinski definition) is 10. The number of aliphatic hydroxyl groups is 1. The molecular weight excluding hydrogens is 526 g/mol. The second-order valence-corrected chi connectivity index (χ2v) is 9.60. The van der Waals surface area contributed by atoms with Crippen LogP contribution in [-0.4, -0.2) is 48.7 Å². The molecule has 198 valence electrons. The third kappa shape index (κ3) is 4.22. The highest BCUT2D eigenvalue weighted by atomic mass is 32.1. The number of rotatable bonds is 6. The minimum Gasteiger partial charge on any atom is -0.505 e. The number of imidazole rings is 1. The number of fused-ring (bicyclic) bond motifs is 1. The van der Waals surface area contributed by atoms with E-state index in [9.17, 15) is 29.6 Å². The summed E-state index contributed by atoms with van der Waals surface area (Å²) in [7, 11) is 0. The molecule has 1 N–H and O–H groups in total.